The lowest BCUT2D eigenvalue weighted by Crippen LogP contribution is -2.41. The number of benzene rings is 1. The summed E-state index contributed by atoms with van der Waals surface area (Å²) in [5.74, 6) is -2.19. The van der Waals surface area contributed by atoms with Crippen LogP contribution in [-0.4, -0.2) is 48.4 Å². The second kappa shape index (κ2) is 6.39. The first-order chi connectivity index (χ1) is 9.93. The molecule has 2 N–H and O–H groups in total. The van der Waals surface area contributed by atoms with Crippen LogP contribution in [0.5, 0.6) is 0 Å². The van der Waals surface area contributed by atoms with Gasteiger partial charge in [-0.2, -0.15) is 0 Å². The molecule has 1 aliphatic rings. The molecular formula is C15H21F2N3O. The van der Waals surface area contributed by atoms with Crippen molar-refractivity contribution in [3.63, 3.8) is 0 Å². The zero-order valence-electron chi connectivity index (χ0n) is 12.4. The average molecular weight is 297 g/mol. The minimum absolute atomic E-state index is 0.0113. The van der Waals surface area contributed by atoms with E-state index in [2.05, 4.69) is 11.8 Å². The molecule has 1 aliphatic heterocycles. The van der Waals surface area contributed by atoms with Gasteiger partial charge in [0.25, 0.3) is 5.91 Å². The van der Waals surface area contributed by atoms with Crippen molar-refractivity contribution in [1.29, 1.82) is 0 Å². The summed E-state index contributed by atoms with van der Waals surface area (Å²) in [7, 11) is 1.65. The van der Waals surface area contributed by atoms with Gasteiger partial charge in [0.05, 0.1) is 0 Å². The second-order valence-electron chi connectivity index (χ2n) is 5.46. The Kier molecular flexibility index (Phi) is 4.77. The van der Waals surface area contributed by atoms with Crippen molar-refractivity contribution in [2.75, 3.05) is 32.4 Å². The molecule has 1 saturated heterocycles. The molecule has 0 saturated carbocycles. The number of halogens is 2. The number of likely N-dealkylation sites (tertiary alicyclic amines) is 1. The number of hydrogen-bond acceptors (Lipinski definition) is 3. The Balaban J connectivity index is 2.09. The Hall–Kier alpha value is -1.69. The van der Waals surface area contributed by atoms with Gasteiger partial charge in [0.15, 0.2) is 0 Å². The lowest BCUT2D eigenvalue weighted by molar-refractivity contribution is 0.0753. The topological polar surface area (TPSA) is 49.6 Å². The first-order valence-electron chi connectivity index (χ1n) is 7.18. The molecule has 1 aromatic rings. The fourth-order valence-electron chi connectivity index (χ4n) is 2.85. The number of nitrogen functional groups attached to an aromatic ring is 1. The number of hydrogen-bond donors (Lipinski definition) is 1. The maximum Gasteiger partial charge on any atom is 0.253 e. The third-order valence-electron chi connectivity index (χ3n) is 4.06. The number of likely N-dealkylation sites (N-methyl/N-ethyl adjacent to an activating group) is 2. The molecule has 21 heavy (non-hydrogen) atoms. The first kappa shape index (κ1) is 15.7. The van der Waals surface area contributed by atoms with Gasteiger partial charge in [-0.05, 0) is 38.1 Å². The summed E-state index contributed by atoms with van der Waals surface area (Å²) in [5, 5.41) is 0. The van der Waals surface area contributed by atoms with Crippen molar-refractivity contribution in [1.82, 2.24) is 9.80 Å². The van der Waals surface area contributed by atoms with Gasteiger partial charge < -0.3 is 10.6 Å². The molecule has 2 rings (SSSR count). The van der Waals surface area contributed by atoms with Gasteiger partial charge in [-0.1, -0.05) is 6.92 Å². The fraction of sp³-hybridized carbons (Fsp3) is 0.533. The molecule has 0 aromatic heterocycles. The molecule has 0 radical (unpaired) electrons. The van der Waals surface area contributed by atoms with Crippen molar-refractivity contribution in [2.24, 2.45) is 0 Å². The summed E-state index contributed by atoms with van der Waals surface area (Å²) in [5.41, 5.74) is 4.65. The van der Waals surface area contributed by atoms with E-state index in [-0.39, 0.29) is 5.56 Å². The normalized spacial score (nSPS) is 19.0. The summed E-state index contributed by atoms with van der Waals surface area (Å²) < 4.78 is 26.9. The largest absolute Gasteiger partial charge is 0.394 e. The van der Waals surface area contributed by atoms with Crippen LogP contribution in [0.3, 0.4) is 0 Å². The molecule has 1 fully saturated rings. The number of carbonyl (C=O) groups excluding carboxylic acids is 1. The predicted molar refractivity (Wildman–Crippen MR) is 78.0 cm³/mol. The monoisotopic (exact) mass is 297 g/mol. The molecule has 116 valence electrons. The predicted octanol–water partition coefficient (Wildman–Crippen LogP) is 2.10. The zero-order valence-corrected chi connectivity index (χ0v) is 12.4. The molecule has 1 heterocycles. The van der Waals surface area contributed by atoms with Gasteiger partial charge in [0.1, 0.15) is 17.3 Å². The van der Waals surface area contributed by atoms with E-state index < -0.39 is 23.2 Å². The number of carbonyl (C=O) groups is 1. The highest BCUT2D eigenvalue weighted by Gasteiger charge is 2.26. The van der Waals surface area contributed by atoms with Gasteiger partial charge >= 0.3 is 0 Å². The Bertz CT molecular complexity index is 513. The minimum Gasteiger partial charge on any atom is -0.394 e. The van der Waals surface area contributed by atoms with Crippen molar-refractivity contribution in [3.05, 3.63) is 29.3 Å². The number of nitrogens with zero attached hydrogens (tertiary/aromatic N) is 2. The third-order valence-corrected chi connectivity index (χ3v) is 4.06. The van der Waals surface area contributed by atoms with Crippen molar-refractivity contribution >= 4 is 11.6 Å². The van der Waals surface area contributed by atoms with Crippen LogP contribution in [0.1, 0.15) is 30.1 Å². The number of anilines is 1. The third kappa shape index (κ3) is 3.32. The van der Waals surface area contributed by atoms with Gasteiger partial charge in [0, 0.05) is 25.2 Å². The Morgan fingerprint density at radius 2 is 2.05 bits per heavy atom. The van der Waals surface area contributed by atoms with E-state index in [1.54, 1.807) is 7.05 Å². The van der Waals surface area contributed by atoms with E-state index >= 15 is 0 Å². The number of amides is 1. The van der Waals surface area contributed by atoms with E-state index in [1.807, 2.05) is 0 Å². The minimum atomic E-state index is -0.900. The molecular weight excluding hydrogens is 276 g/mol. The highest BCUT2D eigenvalue weighted by atomic mass is 19.1. The van der Waals surface area contributed by atoms with Crippen LogP contribution in [0.2, 0.25) is 0 Å². The Morgan fingerprint density at radius 3 is 2.62 bits per heavy atom. The van der Waals surface area contributed by atoms with Crippen LogP contribution in [0.25, 0.3) is 0 Å². The van der Waals surface area contributed by atoms with Crippen molar-refractivity contribution in [3.8, 4) is 0 Å². The zero-order chi connectivity index (χ0) is 15.6. The van der Waals surface area contributed by atoms with Crippen LogP contribution < -0.4 is 5.73 Å². The maximum atomic E-state index is 13.4. The number of nitrogens with two attached hydrogens (primary N) is 1. The lowest BCUT2D eigenvalue weighted by Gasteiger charge is -2.27. The first-order valence-corrected chi connectivity index (χ1v) is 7.18. The van der Waals surface area contributed by atoms with E-state index in [9.17, 15) is 13.6 Å². The molecule has 0 spiro atoms. The summed E-state index contributed by atoms with van der Waals surface area (Å²) in [6, 6.07) is 2.29. The molecule has 1 amide bonds. The maximum absolute atomic E-state index is 13.4. The molecule has 0 bridgehead atoms. The van der Waals surface area contributed by atoms with Crippen LogP contribution >= 0.6 is 0 Å². The molecule has 0 aliphatic carbocycles. The Labute approximate surface area is 123 Å². The van der Waals surface area contributed by atoms with Gasteiger partial charge in [-0.3, -0.25) is 9.69 Å². The molecule has 6 heteroatoms. The quantitative estimate of drug-likeness (QED) is 0.866. The van der Waals surface area contributed by atoms with Crippen LogP contribution in [0.15, 0.2) is 12.1 Å². The fourth-order valence-corrected chi connectivity index (χ4v) is 2.85. The number of rotatable bonds is 4. The summed E-state index contributed by atoms with van der Waals surface area (Å²) >= 11 is 0. The van der Waals surface area contributed by atoms with E-state index in [1.165, 1.54) is 4.90 Å². The highest BCUT2D eigenvalue weighted by Crippen LogP contribution is 2.20. The van der Waals surface area contributed by atoms with E-state index in [0.717, 1.165) is 38.1 Å². The van der Waals surface area contributed by atoms with Gasteiger partial charge in [0.2, 0.25) is 0 Å². The summed E-state index contributed by atoms with van der Waals surface area (Å²) in [6.07, 6.45) is 2.15. The molecule has 4 nitrogen and oxygen atoms in total. The molecule has 1 aromatic carbocycles. The molecule has 1 unspecified atom stereocenters. The second-order valence-corrected chi connectivity index (χ2v) is 5.46. The van der Waals surface area contributed by atoms with Crippen molar-refractivity contribution < 1.29 is 13.6 Å². The van der Waals surface area contributed by atoms with Crippen LogP contribution in [0.4, 0.5) is 14.5 Å². The SMILES string of the molecule is CCN1CCCC1CN(C)C(=O)c1cc(F)c(N)c(F)c1. The van der Waals surface area contributed by atoms with Gasteiger partial charge in [-0.25, -0.2) is 8.78 Å². The smallest absolute Gasteiger partial charge is 0.253 e. The summed E-state index contributed by atoms with van der Waals surface area (Å²) in [6.45, 7) is 4.62. The average Bonchev–Trinajstić information content (AvgIpc) is 2.90. The van der Waals surface area contributed by atoms with Crippen LogP contribution in [-0.2, 0) is 0 Å². The lowest BCUT2D eigenvalue weighted by atomic mass is 10.1. The summed E-state index contributed by atoms with van der Waals surface area (Å²) in [4.78, 5) is 16.1. The van der Waals surface area contributed by atoms with E-state index in [0.29, 0.717) is 12.6 Å². The van der Waals surface area contributed by atoms with Crippen LogP contribution in [0, 0.1) is 11.6 Å². The van der Waals surface area contributed by atoms with Gasteiger partial charge in [-0.15, -0.1) is 0 Å². The Morgan fingerprint density at radius 1 is 1.43 bits per heavy atom. The van der Waals surface area contributed by atoms with E-state index in [4.69, 9.17) is 5.73 Å². The van der Waals surface area contributed by atoms with Crippen molar-refractivity contribution in [2.45, 2.75) is 25.8 Å². The molecule has 1 atom stereocenters. The standard InChI is InChI=1S/C15H21F2N3O/c1-3-20-6-4-5-11(20)9-19(2)15(21)10-7-12(16)14(18)13(17)8-10/h7-8,11H,3-6,9,18H2,1-2H3. The highest BCUT2D eigenvalue weighted by molar-refractivity contribution is 5.94.